The highest BCUT2D eigenvalue weighted by Gasteiger charge is 2.33. The maximum atomic E-state index is 16.3. The Balaban J connectivity index is 1.17. The topological polar surface area (TPSA) is 51.4 Å². The van der Waals surface area contributed by atoms with Crippen molar-refractivity contribution in [1.29, 1.82) is 0 Å². The van der Waals surface area contributed by atoms with Crippen molar-refractivity contribution in [3.8, 4) is 0 Å². The first kappa shape index (κ1) is 35.8. The summed E-state index contributed by atoms with van der Waals surface area (Å²) in [5.74, 6) is 0. The van der Waals surface area contributed by atoms with E-state index in [1.54, 1.807) is 0 Å². The molecule has 10 aromatic carbocycles. The largest absolute Gasteiger partial charge is 0.309 e. The average molecular weight is 819 g/mol. The van der Waals surface area contributed by atoms with Crippen LogP contribution >= 0.6 is 14.3 Å². The third kappa shape index (κ3) is 5.43. The van der Waals surface area contributed by atoms with E-state index in [1.807, 2.05) is 115 Å². The summed E-state index contributed by atoms with van der Waals surface area (Å²) in [4.78, 5) is 5.49. The van der Waals surface area contributed by atoms with E-state index in [1.165, 1.54) is 0 Å². The van der Waals surface area contributed by atoms with Crippen molar-refractivity contribution in [2.45, 2.75) is 0 Å². The molecule has 12 rings (SSSR count). The number of aromatic nitrogens is 2. The van der Waals surface area contributed by atoms with Crippen molar-refractivity contribution in [1.82, 2.24) is 9.38 Å². The number of rotatable bonds is 6. The van der Waals surface area contributed by atoms with Crippen molar-refractivity contribution in [3.63, 3.8) is 0 Å². The second kappa shape index (κ2) is 13.7. The molecule has 0 saturated carbocycles. The van der Waals surface area contributed by atoms with Crippen LogP contribution in [0.25, 0.3) is 70.7 Å². The lowest BCUT2D eigenvalue weighted by Gasteiger charge is -2.21. The fourth-order valence-electron chi connectivity index (χ4n) is 9.46. The van der Waals surface area contributed by atoms with E-state index < -0.39 is 14.3 Å². The molecular formula is C55H36N2O2P2. The van der Waals surface area contributed by atoms with Crippen molar-refractivity contribution < 1.29 is 9.13 Å². The molecule has 0 bridgehead atoms. The minimum atomic E-state index is -3.45. The van der Waals surface area contributed by atoms with Crippen LogP contribution in [0, 0.1) is 0 Å². The highest BCUT2D eigenvalue weighted by atomic mass is 31.2. The molecule has 0 unspecified atom stereocenters. The first-order chi connectivity index (χ1) is 30.0. The summed E-state index contributed by atoms with van der Waals surface area (Å²) in [5, 5.41) is 14.2. The van der Waals surface area contributed by atoms with Gasteiger partial charge in [0.05, 0.1) is 16.6 Å². The summed E-state index contributed by atoms with van der Waals surface area (Å²) in [6.45, 7) is 0. The van der Waals surface area contributed by atoms with Crippen molar-refractivity contribution in [2.75, 3.05) is 0 Å². The second-order valence-corrected chi connectivity index (χ2v) is 21.3. The van der Waals surface area contributed by atoms with Crippen LogP contribution in [-0.2, 0) is 9.13 Å². The minimum Gasteiger partial charge on any atom is -0.309 e. The average Bonchev–Trinajstić information content (AvgIpc) is 3.72. The summed E-state index contributed by atoms with van der Waals surface area (Å²) >= 11 is 0. The zero-order valence-corrected chi connectivity index (χ0v) is 34.7. The Morgan fingerprint density at radius 1 is 0.328 bits per heavy atom. The number of hydrogen-bond acceptors (Lipinski definition) is 3. The van der Waals surface area contributed by atoms with E-state index in [2.05, 4.69) is 108 Å². The number of pyridine rings is 1. The van der Waals surface area contributed by atoms with Gasteiger partial charge in [-0.15, -0.1) is 0 Å². The lowest BCUT2D eigenvalue weighted by Crippen LogP contribution is -2.25. The summed E-state index contributed by atoms with van der Waals surface area (Å²) in [7, 11) is -6.76. The van der Waals surface area contributed by atoms with Crippen LogP contribution in [0.3, 0.4) is 0 Å². The zero-order valence-electron chi connectivity index (χ0n) is 32.9. The third-order valence-electron chi connectivity index (χ3n) is 12.5. The molecule has 0 N–H and O–H groups in total. The molecular weight excluding hydrogens is 783 g/mol. The molecule has 0 saturated heterocycles. The van der Waals surface area contributed by atoms with Gasteiger partial charge < -0.3 is 9.13 Å². The summed E-state index contributed by atoms with van der Waals surface area (Å²) in [6, 6.07) is 73.7. The Labute approximate surface area is 352 Å². The number of nitrogens with zero attached hydrogens (tertiary/aromatic N) is 2. The predicted octanol–water partition coefficient (Wildman–Crippen LogP) is 11.5. The van der Waals surface area contributed by atoms with E-state index in [0.29, 0.717) is 5.30 Å². The molecule has 0 atom stereocenters. The van der Waals surface area contributed by atoms with Gasteiger partial charge in [0.2, 0.25) is 0 Å². The quantitative estimate of drug-likeness (QED) is 0.124. The minimum absolute atomic E-state index is 0.714. The van der Waals surface area contributed by atoms with E-state index in [4.69, 9.17) is 4.98 Å². The molecule has 12 aromatic rings. The molecule has 2 aromatic heterocycles. The van der Waals surface area contributed by atoms with Gasteiger partial charge in [0.1, 0.15) is 5.65 Å². The monoisotopic (exact) mass is 818 g/mol. The molecule has 0 aliphatic carbocycles. The first-order valence-corrected chi connectivity index (χ1v) is 23.9. The lowest BCUT2D eigenvalue weighted by atomic mass is 9.99. The maximum absolute atomic E-state index is 16.3. The SMILES string of the molecule is O=P(c1ccc2ccccc2c1)(c1ccc2ccccc2c1)c1ccc2c(c1)nc1c3c4ccccc4ccc3c3ccc(P(=O)(c4ccccc4)c4ccccc4)cc3n21. The van der Waals surface area contributed by atoms with Gasteiger partial charge >= 0.3 is 0 Å². The fourth-order valence-corrected chi connectivity index (χ4v) is 14.8. The predicted molar refractivity (Wildman–Crippen MR) is 259 cm³/mol. The van der Waals surface area contributed by atoms with Gasteiger partial charge in [-0.2, -0.15) is 0 Å². The molecule has 0 spiro atoms. The van der Waals surface area contributed by atoms with Crippen molar-refractivity contribution >= 4 is 117 Å². The Morgan fingerprint density at radius 2 is 0.787 bits per heavy atom. The Hall–Kier alpha value is -7.09. The van der Waals surface area contributed by atoms with Crippen molar-refractivity contribution in [2.24, 2.45) is 0 Å². The van der Waals surface area contributed by atoms with Crippen LogP contribution in [-0.4, -0.2) is 9.38 Å². The van der Waals surface area contributed by atoms with Gasteiger partial charge in [0, 0.05) is 42.6 Å². The number of fused-ring (bicyclic) bond motifs is 12. The first-order valence-electron chi connectivity index (χ1n) is 20.5. The molecule has 61 heavy (non-hydrogen) atoms. The standard InChI is InChI=1S/C55H36N2O2P2/c58-60(42-18-3-1-4-19-42,43-20-5-2-6-21-43)47-28-31-49-50-30-25-39-15-11-12-22-48(39)54(50)55-56-51-35-46(29-32-52(51)57(55)53(49)36-47)61(59,44-26-23-37-13-7-9-16-40(37)33-44)45-27-24-38-14-8-10-17-41(38)34-45/h1-36H. The third-order valence-corrected chi connectivity index (χ3v) is 18.5. The Bertz CT molecular complexity index is 3710. The summed E-state index contributed by atoms with van der Waals surface area (Å²) in [5.41, 5.74) is 3.32. The number of benzene rings is 10. The van der Waals surface area contributed by atoms with E-state index >= 15 is 9.13 Å². The zero-order chi connectivity index (χ0) is 40.7. The maximum Gasteiger partial charge on any atom is 0.171 e. The van der Waals surface area contributed by atoms with Gasteiger partial charge in [-0.05, 0) is 74.1 Å². The van der Waals surface area contributed by atoms with Crippen LogP contribution in [0.5, 0.6) is 0 Å². The number of imidazole rings is 1. The molecule has 0 aliphatic heterocycles. The molecule has 0 amide bonds. The van der Waals surface area contributed by atoms with Gasteiger partial charge in [-0.1, -0.05) is 182 Å². The van der Waals surface area contributed by atoms with Crippen LogP contribution in [0.2, 0.25) is 0 Å². The lowest BCUT2D eigenvalue weighted by molar-refractivity contribution is 0.591. The van der Waals surface area contributed by atoms with Gasteiger partial charge in [0.15, 0.2) is 14.3 Å². The molecule has 0 aliphatic rings. The van der Waals surface area contributed by atoms with Gasteiger partial charge in [-0.25, -0.2) is 4.98 Å². The van der Waals surface area contributed by atoms with Crippen LogP contribution < -0.4 is 31.8 Å². The smallest absolute Gasteiger partial charge is 0.171 e. The van der Waals surface area contributed by atoms with E-state index in [-0.39, 0.29) is 0 Å². The molecule has 2 heterocycles. The van der Waals surface area contributed by atoms with Crippen LogP contribution in [0.4, 0.5) is 0 Å². The Kier molecular flexibility index (Phi) is 8.06. The molecule has 0 radical (unpaired) electrons. The highest BCUT2D eigenvalue weighted by Crippen LogP contribution is 2.46. The molecule has 6 heteroatoms. The summed E-state index contributed by atoms with van der Waals surface area (Å²) in [6.07, 6.45) is 0. The Morgan fingerprint density at radius 3 is 1.43 bits per heavy atom. The molecule has 288 valence electrons. The second-order valence-electron chi connectivity index (χ2n) is 15.8. The van der Waals surface area contributed by atoms with Crippen LogP contribution in [0.15, 0.2) is 218 Å². The van der Waals surface area contributed by atoms with Gasteiger partial charge in [0.25, 0.3) is 0 Å². The van der Waals surface area contributed by atoms with E-state index in [9.17, 15) is 0 Å². The highest BCUT2D eigenvalue weighted by molar-refractivity contribution is 7.85. The molecule has 0 fully saturated rings. The fraction of sp³-hybridized carbons (Fsp3) is 0. The van der Waals surface area contributed by atoms with Crippen LogP contribution in [0.1, 0.15) is 0 Å². The van der Waals surface area contributed by atoms with Gasteiger partial charge in [-0.3, -0.25) is 4.40 Å². The van der Waals surface area contributed by atoms with Crippen molar-refractivity contribution in [3.05, 3.63) is 218 Å². The van der Waals surface area contributed by atoms with E-state index in [0.717, 1.165) is 97.2 Å². The normalized spacial score (nSPS) is 12.4. The summed E-state index contributed by atoms with van der Waals surface area (Å²) < 4.78 is 34.3. The molecule has 4 nitrogen and oxygen atoms in total. The number of hydrogen-bond donors (Lipinski definition) is 0.